The lowest BCUT2D eigenvalue weighted by Crippen LogP contribution is -2.45. The maximum atomic E-state index is 13.1. The number of amides is 2. The minimum Gasteiger partial charge on any atom is -0.394 e. The Labute approximate surface area is 149 Å². The molecule has 0 radical (unpaired) electrons. The van der Waals surface area contributed by atoms with Crippen molar-refractivity contribution in [2.75, 3.05) is 6.61 Å². The molecule has 8 nitrogen and oxygen atoms in total. The van der Waals surface area contributed by atoms with Crippen LogP contribution in [0.3, 0.4) is 0 Å². The molecule has 3 atom stereocenters. The Bertz CT molecular complexity index is 713. The highest BCUT2D eigenvalue weighted by Gasteiger charge is 2.25. The van der Waals surface area contributed by atoms with Crippen molar-refractivity contribution in [3.05, 3.63) is 16.5 Å². The number of nitrogens with one attached hydrogen (secondary N) is 1. The molecule has 0 spiro atoms. The van der Waals surface area contributed by atoms with Crippen molar-refractivity contribution in [1.82, 2.24) is 4.72 Å². The number of hydrogen-bond acceptors (Lipinski definition) is 7. The first kappa shape index (κ1) is 21.0. The van der Waals surface area contributed by atoms with Gasteiger partial charge in [0.05, 0.1) is 17.7 Å². The average Bonchev–Trinajstić information content (AvgIpc) is 2.92. The summed E-state index contributed by atoms with van der Waals surface area (Å²) in [7, 11) is -3.64. The predicted molar refractivity (Wildman–Crippen MR) is 93.8 cm³/mol. The minimum absolute atomic E-state index is 0.0936. The molecule has 0 aromatic carbocycles. The van der Waals surface area contributed by atoms with Crippen molar-refractivity contribution in [2.45, 2.75) is 36.6 Å². The third kappa shape index (κ3) is 5.80. The molecule has 1 rings (SSSR count). The molecule has 6 N–H and O–H groups in total. The van der Waals surface area contributed by atoms with Crippen molar-refractivity contribution in [2.24, 2.45) is 21.7 Å². The van der Waals surface area contributed by atoms with Crippen molar-refractivity contribution in [1.29, 1.82) is 0 Å². The van der Waals surface area contributed by atoms with Crippen LogP contribution >= 0.6 is 22.9 Å². The molecule has 0 saturated carbocycles. The number of rotatable bonds is 7. The Kier molecular flexibility index (Phi) is 7.77. The molecule has 11 heteroatoms. The number of carbonyl (C=O) groups is 2. The van der Waals surface area contributed by atoms with Crippen LogP contribution in [-0.4, -0.2) is 39.8 Å². The van der Waals surface area contributed by atoms with Crippen LogP contribution in [0.5, 0.6) is 0 Å². The molecule has 1 heterocycles. The lowest BCUT2D eigenvalue weighted by molar-refractivity contribution is -0.121. The number of thiophene rings is 1. The highest BCUT2D eigenvalue weighted by molar-refractivity contribution is 7.94. The molecule has 0 aliphatic rings. The third-order valence-corrected chi connectivity index (χ3v) is 6.46. The minimum atomic E-state index is -3.64. The van der Waals surface area contributed by atoms with Crippen LogP contribution in [0.4, 0.5) is 0 Å². The molecule has 1 aromatic heterocycles. The summed E-state index contributed by atoms with van der Waals surface area (Å²) in [6.07, 6.45) is 0.354. The van der Waals surface area contributed by atoms with Crippen LogP contribution in [0, 0.1) is 5.92 Å². The van der Waals surface area contributed by atoms with E-state index in [0.717, 1.165) is 11.3 Å². The number of aliphatic hydroxyl groups excluding tert-OH is 1. The van der Waals surface area contributed by atoms with E-state index in [2.05, 4.69) is 9.08 Å². The molecular weight excluding hydrogens is 376 g/mol. The second kappa shape index (κ2) is 8.88. The zero-order valence-electron chi connectivity index (χ0n) is 13.3. The van der Waals surface area contributed by atoms with E-state index < -0.39 is 40.4 Å². The van der Waals surface area contributed by atoms with E-state index in [-0.39, 0.29) is 15.1 Å². The molecule has 136 valence electrons. The third-order valence-electron chi connectivity index (χ3n) is 2.85. The number of hydrogen-bond donors (Lipinski definition) is 4. The van der Waals surface area contributed by atoms with Crippen molar-refractivity contribution in [3.8, 4) is 0 Å². The number of halogens is 1. The predicted octanol–water partition coefficient (Wildman–Crippen LogP) is 0.479. The molecule has 0 aliphatic heterocycles. The molecule has 1 unspecified atom stereocenters. The molecule has 2 amide bonds. The van der Waals surface area contributed by atoms with E-state index in [0.29, 0.717) is 6.42 Å². The Balaban J connectivity index is 3.23. The lowest BCUT2D eigenvalue weighted by atomic mass is 10.0. The fourth-order valence-electron chi connectivity index (χ4n) is 1.66. The Hall–Kier alpha value is -1.04. The summed E-state index contributed by atoms with van der Waals surface area (Å²) < 4.78 is 18.9. The summed E-state index contributed by atoms with van der Waals surface area (Å²) in [6, 6.07) is -0.898. The highest BCUT2D eigenvalue weighted by atomic mass is 35.5. The number of aliphatic hydroxyl groups is 1. The number of nitrogens with zero attached hydrogens (tertiary/aromatic N) is 1. The van der Waals surface area contributed by atoms with E-state index in [1.54, 1.807) is 0 Å². The van der Waals surface area contributed by atoms with Crippen molar-refractivity contribution >= 4 is 44.7 Å². The smallest absolute Gasteiger partial charge is 0.272 e. The van der Waals surface area contributed by atoms with Crippen LogP contribution in [0.25, 0.3) is 0 Å². The van der Waals surface area contributed by atoms with Gasteiger partial charge in [0.1, 0.15) is 10.3 Å². The quantitative estimate of drug-likeness (QED) is 0.526. The first-order valence-corrected chi connectivity index (χ1v) is 9.85. The first-order chi connectivity index (χ1) is 11.1. The largest absolute Gasteiger partial charge is 0.394 e. The Morgan fingerprint density at radius 1 is 1.42 bits per heavy atom. The summed E-state index contributed by atoms with van der Waals surface area (Å²) in [4.78, 5) is 24.1. The van der Waals surface area contributed by atoms with Crippen LogP contribution in [-0.2, 0) is 19.5 Å². The van der Waals surface area contributed by atoms with E-state index in [4.69, 9.17) is 28.2 Å². The van der Waals surface area contributed by atoms with E-state index >= 15 is 0 Å². The van der Waals surface area contributed by atoms with Gasteiger partial charge in [0.15, 0.2) is 9.92 Å². The van der Waals surface area contributed by atoms with Crippen molar-refractivity contribution in [3.63, 3.8) is 0 Å². The van der Waals surface area contributed by atoms with Gasteiger partial charge >= 0.3 is 0 Å². The molecule has 1 aromatic rings. The van der Waals surface area contributed by atoms with Gasteiger partial charge in [0.2, 0.25) is 0 Å². The summed E-state index contributed by atoms with van der Waals surface area (Å²) in [5.41, 5.74) is 11.2. The standard InChI is InChI=1S/C13H21ClN4O4S2/c1-7(2)3-9(15)12(20)17-24(22,11-4-8(14)6-23-11)18-13(21)10(16)5-19/h4,6-7,9-10,19H,3,5,15-16H2,1-2H3,(H,17,18,20,21,22)/t9-,10+,24?/m0/s1. The maximum Gasteiger partial charge on any atom is 0.272 e. The SMILES string of the molecule is CC(C)C[C@H](N)C(=O)N=S(=O)(NC(=O)[C@H](N)CO)c1cc(Cl)cs1. The molecule has 24 heavy (non-hydrogen) atoms. The second-order valence-corrected chi connectivity index (χ2v) is 9.02. The monoisotopic (exact) mass is 396 g/mol. The normalized spacial score (nSPS) is 16.3. The van der Waals surface area contributed by atoms with Gasteiger partial charge < -0.3 is 16.6 Å². The summed E-state index contributed by atoms with van der Waals surface area (Å²) >= 11 is 6.79. The summed E-state index contributed by atoms with van der Waals surface area (Å²) in [6.45, 7) is 3.12. The van der Waals surface area contributed by atoms with Gasteiger partial charge in [-0.3, -0.25) is 14.3 Å². The molecule has 0 bridgehead atoms. The zero-order chi connectivity index (χ0) is 18.5. The highest BCUT2D eigenvalue weighted by Crippen LogP contribution is 2.25. The van der Waals surface area contributed by atoms with Crippen LogP contribution in [0.2, 0.25) is 5.02 Å². The van der Waals surface area contributed by atoms with Gasteiger partial charge in [-0.2, -0.15) is 0 Å². The Morgan fingerprint density at radius 2 is 2.04 bits per heavy atom. The fraction of sp³-hybridized carbons (Fsp3) is 0.538. The van der Waals surface area contributed by atoms with E-state index in [1.807, 2.05) is 13.8 Å². The molecule has 0 saturated heterocycles. The Morgan fingerprint density at radius 3 is 2.50 bits per heavy atom. The average molecular weight is 397 g/mol. The van der Waals surface area contributed by atoms with E-state index in [1.165, 1.54) is 11.4 Å². The van der Waals surface area contributed by atoms with Gasteiger partial charge in [-0.15, -0.1) is 15.7 Å². The summed E-state index contributed by atoms with van der Waals surface area (Å²) in [5.74, 6) is -1.55. The van der Waals surface area contributed by atoms with Gasteiger partial charge in [0.25, 0.3) is 11.8 Å². The van der Waals surface area contributed by atoms with Gasteiger partial charge in [-0.05, 0) is 18.4 Å². The van der Waals surface area contributed by atoms with Gasteiger partial charge in [-0.25, -0.2) is 4.21 Å². The second-order valence-electron chi connectivity index (χ2n) is 5.53. The van der Waals surface area contributed by atoms with Crippen LogP contribution < -0.4 is 16.2 Å². The maximum absolute atomic E-state index is 13.1. The fourth-order valence-corrected chi connectivity index (χ4v) is 4.76. The lowest BCUT2D eigenvalue weighted by Gasteiger charge is -2.15. The van der Waals surface area contributed by atoms with Crippen LogP contribution in [0.1, 0.15) is 20.3 Å². The number of nitrogens with two attached hydrogens (primary N) is 2. The summed E-state index contributed by atoms with van der Waals surface area (Å²) in [5, 5.41) is 10.7. The van der Waals surface area contributed by atoms with E-state index in [9.17, 15) is 13.8 Å². The zero-order valence-corrected chi connectivity index (χ0v) is 15.7. The van der Waals surface area contributed by atoms with Gasteiger partial charge in [-0.1, -0.05) is 25.4 Å². The molecule has 0 fully saturated rings. The first-order valence-electron chi connectivity index (χ1n) is 7.07. The topological polar surface area (TPSA) is 148 Å². The van der Waals surface area contributed by atoms with Gasteiger partial charge in [0, 0.05) is 5.38 Å². The number of carbonyl (C=O) groups excluding carboxylic acids is 2. The molecular formula is C13H21ClN4O4S2. The molecule has 0 aliphatic carbocycles. The van der Waals surface area contributed by atoms with Crippen LogP contribution in [0.15, 0.2) is 20.0 Å². The van der Waals surface area contributed by atoms with Crippen molar-refractivity contribution < 1.29 is 18.9 Å².